The van der Waals surface area contributed by atoms with Gasteiger partial charge in [-0.15, -0.1) is 22.7 Å². The fourth-order valence-electron chi connectivity index (χ4n) is 1.80. The Labute approximate surface area is 160 Å². The second-order valence-corrected chi connectivity index (χ2v) is 8.13. The third-order valence-electron chi connectivity index (χ3n) is 3.07. The van der Waals surface area contributed by atoms with Crippen LogP contribution >= 0.6 is 22.7 Å². The summed E-state index contributed by atoms with van der Waals surface area (Å²) in [6.45, 7) is 5.99. The highest BCUT2D eigenvalue weighted by Gasteiger charge is 2.08. The van der Waals surface area contributed by atoms with Crippen LogP contribution < -0.4 is 0 Å². The minimum atomic E-state index is -0.435. The number of esters is 2. The minimum Gasteiger partial charge on any atom is -0.462 e. The van der Waals surface area contributed by atoms with Crippen LogP contribution in [0.25, 0.3) is 12.2 Å². The van der Waals surface area contributed by atoms with E-state index in [-0.39, 0.29) is 19.1 Å². The van der Waals surface area contributed by atoms with Crippen LogP contribution in [0.1, 0.15) is 26.7 Å². The number of ether oxygens (including phenoxy) is 2. The van der Waals surface area contributed by atoms with Gasteiger partial charge in [0.2, 0.25) is 0 Å². The van der Waals surface area contributed by atoms with Crippen LogP contribution in [0.2, 0.25) is 0 Å². The Bertz CT molecular complexity index is 741. The summed E-state index contributed by atoms with van der Waals surface area (Å²) in [6.07, 6.45) is 9.48. The van der Waals surface area contributed by atoms with E-state index in [1.807, 2.05) is 20.8 Å². The molecule has 0 bridgehead atoms. The van der Waals surface area contributed by atoms with Crippen molar-refractivity contribution in [1.29, 1.82) is 0 Å². The van der Waals surface area contributed by atoms with Crippen LogP contribution in [0.3, 0.4) is 0 Å². The molecule has 2 rings (SSSR count). The highest BCUT2D eigenvalue weighted by atomic mass is 32.1. The van der Waals surface area contributed by atoms with Crippen molar-refractivity contribution < 1.29 is 19.1 Å². The van der Waals surface area contributed by atoms with E-state index in [1.54, 1.807) is 24.5 Å². The van der Waals surface area contributed by atoms with Gasteiger partial charge in [0.25, 0.3) is 0 Å². The van der Waals surface area contributed by atoms with Crippen molar-refractivity contribution in [3.8, 4) is 0 Å². The predicted octanol–water partition coefficient (Wildman–Crippen LogP) is 3.67. The molecule has 0 unspecified atom stereocenters. The molecule has 2 aromatic rings. The number of hydrogen-bond acceptors (Lipinski definition) is 8. The van der Waals surface area contributed by atoms with Gasteiger partial charge < -0.3 is 9.47 Å². The van der Waals surface area contributed by atoms with E-state index >= 15 is 0 Å². The Morgan fingerprint density at radius 2 is 1.38 bits per heavy atom. The first kappa shape index (κ1) is 20.0. The topological polar surface area (TPSA) is 78.4 Å². The number of carbonyl (C=O) groups excluding carboxylic acids is 2. The van der Waals surface area contributed by atoms with Crippen LogP contribution in [0, 0.1) is 19.8 Å². The summed E-state index contributed by atoms with van der Waals surface area (Å²) >= 11 is 2.99. The minimum absolute atomic E-state index is 0.0963. The summed E-state index contributed by atoms with van der Waals surface area (Å²) in [5.41, 5.74) is 0. The number of rotatable bonds is 8. The van der Waals surface area contributed by atoms with Crippen molar-refractivity contribution >= 4 is 46.8 Å². The molecule has 0 saturated carbocycles. The van der Waals surface area contributed by atoms with Crippen LogP contribution in [0.5, 0.6) is 0 Å². The zero-order valence-electron chi connectivity index (χ0n) is 14.8. The van der Waals surface area contributed by atoms with Crippen molar-refractivity contribution in [2.24, 2.45) is 5.92 Å². The summed E-state index contributed by atoms with van der Waals surface area (Å²) in [6, 6.07) is 0. The molecule has 0 radical (unpaired) electrons. The van der Waals surface area contributed by atoms with Gasteiger partial charge in [-0.05, 0) is 26.0 Å². The van der Waals surface area contributed by atoms with Gasteiger partial charge in [0, 0.05) is 40.2 Å². The Morgan fingerprint density at radius 1 is 0.962 bits per heavy atom. The van der Waals surface area contributed by atoms with Gasteiger partial charge in [0.15, 0.2) is 0 Å². The number of hydrogen-bond donors (Lipinski definition) is 0. The smallest absolute Gasteiger partial charge is 0.330 e. The first-order valence-electron chi connectivity index (χ1n) is 7.97. The zero-order valence-corrected chi connectivity index (χ0v) is 16.4. The van der Waals surface area contributed by atoms with Crippen molar-refractivity contribution in [2.45, 2.75) is 20.8 Å². The van der Waals surface area contributed by atoms with E-state index in [1.165, 1.54) is 34.8 Å². The third-order valence-corrected chi connectivity index (χ3v) is 4.82. The van der Waals surface area contributed by atoms with Crippen molar-refractivity contribution in [1.82, 2.24) is 9.97 Å². The largest absolute Gasteiger partial charge is 0.462 e. The normalized spacial score (nSPS) is 11.5. The number of carbonyl (C=O) groups is 2. The highest BCUT2D eigenvalue weighted by Crippen LogP contribution is 2.14. The molecule has 138 valence electrons. The average molecular weight is 393 g/mol. The molecule has 0 aromatic carbocycles. The van der Waals surface area contributed by atoms with Gasteiger partial charge >= 0.3 is 11.9 Å². The molecule has 26 heavy (non-hydrogen) atoms. The second kappa shape index (κ2) is 9.98. The summed E-state index contributed by atoms with van der Waals surface area (Å²) < 4.78 is 10.3. The lowest BCUT2D eigenvalue weighted by Crippen LogP contribution is -2.17. The van der Waals surface area contributed by atoms with Crippen LogP contribution in [0.15, 0.2) is 24.5 Å². The standard InChI is InChI=1S/C18H20N2O4S2/c1-12(10-23-17(21)6-4-15-8-19-13(2)25-15)11-24-18(22)7-5-16-9-20-14(3)26-16/h4-9,12H,10-11H2,1-3H3/b6-4+,7-5+. The van der Waals surface area contributed by atoms with E-state index in [0.29, 0.717) is 0 Å². The fourth-order valence-corrected chi connectivity index (χ4v) is 3.18. The van der Waals surface area contributed by atoms with Crippen LogP contribution in [-0.2, 0) is 19.1 Å². The number of aryl methyl sites for hydroxylation is 2. The maximum atomic E-state index is 11.7. The van der Waals surface area contributed by atoms with Crippen molar-refractivity contribution in [2.75, 3.05) is 13.2 Å². The average Bonchev–Trinajstić information content (AvgIpc) is 3.22. The second-order valence-electron chi connectivity index (χ2n) is 5.60. The molecule has 0 spiro atoms. The Balaban J connectivity index is 1.65. The molecule has 6 nitrogen and oxygen atoms in total. The van der Waals surface area contributed by atoms with Gasteiger partial charge in [-0.25, -0.2) is 19.6 Å². The molecule has 8 heteroatoms. The highest BCUT2D eigenvalue weighted by molar-refractivity contribution is 7.12. The Morgan fingerprint density at radius 3 is 1.73 bits per heavy atom. The molecular formula is C18H20N2O4S2. The number of nitrogens with zero attached hydrogens (tertiary/aromatic N) is 2. The summed E-state index contributed by atoms with van der Waals surface area (Å²) in [5, 5.41) is 1.88. The molecule has 0 aliphatic heterocycles. The van der Waals surface area contributed by atoms with Gasteiger partial charge in [0.1, 0.15) is 0 Å². The lowest BCUT2D eigenvalue weighted by molar-refractivity contribution is -0.142. The molecule has 0 aliphatic carbocycles. The summed E-state index contributed by atoms with van der Waals surface area (Å²) in [7, 11) is 0. The molecular weight excluding hydrogens is 372 g/mol. The monoisotopic (exact) mass is 392 g/mol. The van der Waals surface area contributed by atoms with E-state index < -0.39 is 11.9 Å². The molecule has 0 aliphatic rings. The molecule has 0 saturated heterocycles. The SMILES string of the molecule is Cc1ncc(/C=C/C(=O)OCC(C)COC(=O)/C=C/c2cnc(C)s2)s1. The number of thiazole rings is 2. The molecule has 0 fully saturated rings. The lowest BCUT2D eigenvalue weighted by atomic mass is 10.2. The molecule has 2 aromatic heterocycles. The van der Waals surface area contributed by atoms with Crippen LogP contribution in [0.4, 0.5) is 0 Å². The van der Waals surface area contributed by atoms with Crippen molar-refractivity contribution in [3.63, 3.8) is 0 Å². The first-order valence-corrected chi connectivity index (χ1v) is 9.60. The van der Waals surface area contributed by atoms with Crippen molar-refractivity contribution in [3.05, 3.63) is 44.3 Å². The third kappa shape index (κ3) is 7.28. The lowest BCUT2D eigenvalue weighted by Gasteiger charge is -2.10. The Kier molecular flexibility index (Phi) is 7.68. The first-order chi connectivity index (χ1) is 12.4. The van der Waals surface area contributed by atoms with E-state index in [0.717, 1.165) is 19.8 Å². The van der Waals surface area contributed by atoms with E-state index in [9.17, 15) is 9.59 Å². The molecule has 0 amide bonds. The number of aromatic nitrogens is 2. The van der Waals surface area contributed by atoms with Gasteiger partial charge in [-0.1, -0.05) is 6.92 Å². The zero-order chi connectivity index (χ0) is 18.9. The van der Waals surface area contributed by atoms with Gasteiger partial charge in [-0.3, -0.25) is 0 Å². The maximum Gasteiger partial charge on any atom is 0.330 e. The molecule has 0 N–H and O–H groups in total. The quantitative estimate of drug-likeness (QED) is 0.504. The molecule has 0 atom stereocenters. The van der Waals surface area contributed by atoms with E-state index in [4.69, 9.17) is 9.47 Å². The van der Waals surface area contributed by atoms with Gasteiger partial charge in [0.05, 0.1) is 23.2 Å². The predicted molar refractivity (Wildman–Crippen MR) is 103 cm³/mol. The maximum absolute atomic E-state index is 11.7. The van der Waals surface area contributed by atoms with E-state index in [2.05, 4.69) is 9.97 Å². The summed E-state index contributed by atoms with van der Waals surface area (Å²) in [4.78, 5) is 33.4. The fraction of sp³-hybridized carbons (Fsp3) is 0.333. The van der Waals surface area contributed by atoms with Gasteiger partial charge in [-0.2, -0.15) is 0 Å². The van der Waals surface area contributed by atoms with Crippen LogP contribution in [-0.4, -0.2) is 35.1 Å². The Hall–Kier alpha value is -2.32. The molecule has 2 heterocycles. The summed E-state index contributed by atoms with van der Waals surface area (Å²) in [5.74, 6) is -0.967.